The van der Waals surface area contributed by atoms with Gasteiger partial charge in [-0.2, -0.15) is 5.10 Å². The van der Waals surface area contributed by atoms with E-state index in [0.717, 1.165) is 6.21 Å². The molecule has 3 heteroatoms. The minimum Gasteiger partial charge on any atom is -0.313 e. The summed E-state index contributed by atoms with van der Waals surface area (Å²) in [6.07, 6.45) is 1.75. The van der Waals surface area contributed by atoms with Gasteiger partial charge in [0.05, 0.1) is 6.21 Å². The number of rotatable bonds is 2. The Morgan fingerprint density at radius 3 is 2.67 bits per heavy atom. The molecule has 0 spiro atoms. The lowest BCUT2D eigenvalue weighted by Gasteiger charge is -1.75. The van der Waals surface area contributed by atoms with E-state index in [9.17, 15) is 4.79 Å². The van der Waals surface area contributed by atoms with Crippen molar-refractivity contribution in [2.24, 2.45) is 5.10 Å². The molecule has 0 aliphatic carbocycles. The van der Waals surface area contributed by atoms with Gasteiger partial charge in [-0.25, -0.2) is 0 Å². The van der Waals surface area contributed by atoms with Crippen molar-refractivity contribution in [2.45, 2.75) is 0 Å². The Balaban J connectivity index is 2.94. The first-order valence-electron chi connectivity index (χ1n) is 1.55. The van der Waals surface area contributed by atoms with Crippen LogP contribution in [0.2, 0.25) is 0 Å². The Morgan fingerprint density at radius 2 is 2.50 bits per heavy atom. The monoisotopic (exact) mass is 86.0 g/mol. The van der Waals surface area contributed by atoms with Crippen LogP contribution in [0.5, 0.6) is 0 Å². The fourth-order valence-electron chi connectivity index (χ4n) is 0.105. The van der Waals surface area contributed by atoms with Gasteiger partial charge < -0.3 is 5.43 Å². The average molecular weight is 86.1 g/mol. The smallest absolute Gasteiger partial charge is 0.162 e. The van der Waals surface area contributed by atoms with Crippen molar-refractivity contribution < 1.29 is 4.79 Å². The molecule has 34 valence electrons. The van der Waals surface area contributed by atoms with Crippen LogP contribution in [-0.4, -0.2) is 19.5 Å². The average Bonchev–Trinajstić information content (AvgIpc) is 1.61. The summed E-state index contributed by atoms with van der Waals surface area (Å²) >= 11 is 0. The van der Waals surface area contributed by atoms with Gasteiger partial charge in [0.25, 0.3) is 0 Å². The maximum absolute atomic E-state index is 9.37. The second kappa shape index (κ2) is 4.14. The lowest BCUT2D eigenvalue weighted by Crippen LogP contribution is -1.93. The van der Waals surface area contributed by atoms with E-state index < -0.39 is 0 Å². The normalized spacial score (nSPS) is 8.83. The maximum Gasteiger partial charge on any atom is 0.162 e. The highest BCUT2D eigenvalue weighted by molar-refractivity contribution is 6.12. The quantitative estimate of drug-likeness (QED) is 0.277. The van der Waals surface area contributed by atoms with Crippen molar-refractivity contribution in [3.63, 3.8) is 0 Å². The van der Waals surface area contributed by atoms with Crippen molar-refractivity contribution in [3.05, 3.63) is 0 Å². The zero-order valence-electron chi connectivity index (χ0n) is 3.51. The molecule has 0 aromatic rings. The Labute approximate surface area is 36.0 Å². The minimum atomic E-state index is 0.608. The highest BCUT2D eigenvalue weighted by atomic mass is 16.1. The Hall–Kier alpha value is -0.860. The third kappa shape index (κ3) is 3.14. The SMILES string of the molecule is CN/N=C/C=O. The largest absolute Gasteiger partial charge is 0.313 e. The van der Waals surface area contributed by atoms with E-state index in [1.165, 1.54) is 0 Å². The summed E-state index contributed by atoms with van der Waals surface area (Å²) in [7, 11) is 1.62. The number of aldehydes is 1. The molecule has 0 aromatic heterocycles. The van der Waals surface area contributed by atoms with Crippen LogP contribution in [0.3, 0.4) is 0 Å². The number of carbonyl (C=O) groups is 1. The fourth-order valence-corrected chi connectivity index (χ4v) is 0.105. The van der Waals surface area contributed by atoms with E-state index in [2.05, 4.69) is 10.5 Å². The molecule has 0 saturated heterocycles. The van der Waals surface area contributed by atoms with Crippen LogP contribution in [0.25, 0.3) is 0 Å². The number of nitrogens with zero attached hydrogens (tertiary/aromatic N) is 1. The van der Waals surface area contributed by atoms with Gasteiger partial charge >= 0.3 is 0 Å². The predicted molar refractivity (Wildman–Crippen MR) is 23.6 cm³/mol. The second-order valence-corrected chi connectivity index (χ2v) is 0.638. The van der Waals surface area contributed by atoms with Crippen molar-refractivity contribution >= 4 is 12.5 Å². The van der Waals surface area contributed by atoms with Gasteiger partial charge in [0.15, 0.2) is 6.29 Å². The van der Waals surface area contributed by atoms with E-state index in [0.29, 0.717) is 6.29 Å². The zero-order chi connectivity index (χ0) is 4.83. The van der Waals surface area contributed by atoms with Crippen LogP contribution in [0.15, 0.2) is 5.10 Å². The molecule has 0 aliphatic heterocycles. The molecule has 0 saturated carbocycles. The van der Waals surface area contributed by atoms with Crippen LogP contribution < -0.4 is 5.43 Å². The molecule has 0 heterocycles. The number of hydrazone groups is 1. The van der Waals surface area contributed by atoms with Crippen LogP contribution >= 0.6 is 0 Å². The molecular weight excluding hydrogens is 80.0 g/mol. The van der Waals surface area contributed by atoms with Gasteiger partial charge in [-0.1, -0.05) is 0 Å². The summed E-state index contributed by atoms with van der Waals surface area (Å²) in [6, 6.07) is 0. The topological polar surface area (TPSA) is 41.5 Å². The van der Waals surface area contributed by atoms with Crippen LogP contribution in [-0.2, 0) is 4.79 Å². The highest BCUT2D eigenvalue weighted by Gasteiger charge is 1.55. The summed E-state index contributed by atoms with van der Waals surface area (Å²) in [5, 5.41) is 3.35. The molecule has 0 atom stereocenters. The first-order valence-corrected chi connectivity index (χ1v) is 1.55. The molecule has 0 aliphatic rings. The highest BCUT2D eigenvalue weighted by Crippen LogP contribution is 1.40. The summed E-state index contributed by atoms with van der Waals surface area (Å²) in [6.45, 7) is 0. The molecule has 0 aromatic carbocycles. The second-order valence-electron chi connectivity index (χ2n) is 0.638. The van der Waals surface area contributed by atoms with Crippen LogP contribution in [0, 0.1) is 0 Å². The summed E-state index contributed by atoms with van der Waals surface area (Å²) < 4.78 is 0. The molecule has 0 amide bonds. The molecule has 6 heavy (non-hydrogen) atoms. The molecule has 0 unspecified atom stereocenters. The molecule has 0 fully saturated rings. The predicted octanol–water partition coefficient (Wildman–Crippen LogP) is -0.610. The van der Waals surface area contributed by atoms with Crippen molar-refractivity contribution in [1.82, 2.24) is 5.43 Å². The summed E-state index contributed by atoms with van der Waals surface area (Å²) in [4.78, 5) is 9.37. The van der Waals surface area contributed by atoms with Gasteiger partial charge in [0.2, 0.25) is 0 Å². The van der Waals surface area contributed by atoms with Gasteiger partial charge in [0.1, 0.15) is 0 Å². The van der Waals surface area contributed by atoms with Gasteiger partial charge in [0, 0.05) is 7.05 Å². The molecule has 1 N–H and O–H groups in total. The Kier molecular flexibility index (Phi) is 3.55. The van der Waals surface area contributed by atoms with Crippen molar-refractivity contribution in [2.75, 3.05) is 7.05 Å². The standard InChI is InChI=1S/C3H6N2O/c1-4-5-2-3-6/h2-4H,1H3/b5-2+. The van der Waals surface area contributed by atoms with Gasteiger partial charge in [-0.3, -0.25) is 4.79 Å². The van der Waals surface area contributed by atoms with E-state index >= 15 is 0 Å². The maximum atomic E-state index is 9.37. The Morgan fingerprint density at radius 1 is 1.83 bits per heavy atom. The van der Waals surface area contributed by atoms with Crippen LogP contribution in [0.1, 0.15) is 0 Å². The zero-order valence-corrected chi connectivity index (χ0v) is 3.51. The lowest BCUT2D eigenvalue weighted by atomic mass is 10.9. The first kappa shape index (κ1) is 5.14. The lowest BCUT2D eigenvalue weighted by molar-refractivity contribution is -0.102. The third-order valence-electron chi connectivity index (χ3n) is 0.264. The van der Waals surface area contributed by atoms with E-state index in [1.54, 1.807) is 7.05 Å². The molecule has 0 radical (unpaired) electrons. The van der Waals surface area contributed by atoms with Crippen molar-refractivity contribution in [1.29, 1.82) is 0 Å². The van der Waals surface area contributed by atoms with E-state index in [-0.39, 0.29) is 0 Å². The number of hydrogen-bond acceptors (Lipinski definition) is 3. The van der Waals surface area contributed by atoms with Crippen molar-refractivity contribution in [3.8, 4) is 0 Å². The molecule has 0 bridgehead atoms. The number of carbonyl (C=O) groups excluding carboxylic acids is 1. The van der Waals surface area contributed by atoms with Gasteiger partial charge in [-0.05, 0) is 0 Å². The van der Waals surface area contributed by atoms with Gasteiger partial charge in [-0.15, -0.1) is 0 Å². The molecule has 3 nitrogen and oxygen atoms in total. The van der Waals surface area contributed by atoms with E-state index in [1.807, 2.05) is 0 Å². The first-order chi connectivity index (χ1) is 2.91. The molecule has 0 rings (SSSR count). The Bertz CT molecular complexity index is 59.8. The molecular formula is C3H6N2O. The minimum absolute atomic E-state index is 0.608. The summed E-state index contributed by atoms with van der Waals surface area (Å²) in [5.41, 5.74) is 2.41. The van der Waals surface area contributed by atoms with E-state index in [4.69, 9.17) is 0 Å². The fraction of sp³-hybridized carbons (Fsp3) is 0.333. The number of nitrogens with one attached hydrogen (secondary N) is 1. The van der Waals surface area contributed by atoms with Crippen LogP contribution in [0.4, 0.5) is 0 Å². The third-order valence-corrected chi connectivity index (χ3v) is 0.264. The number of hydrogen-bond donors (Lipinski definition) is 1. The summed E-state index contributed by atoms with van der Waals surface area (Å²) in [5.74, 6) is 0.